The summed E-state index contributed by atoms with van der Waals surface area (Å²) in [5.74, 6) is 2.37. The molecule has 2 aliphatic carbocycles. The summed E-state index contributed by atoms with van der Waals surface area (Å²) in [5.41, 5.74) is 0.964. The first-order valence-corrected chi connectivity index (χ1v) is 10.8. The van der Waals surface area contributed by atoms with E-state index in [1.165, 1.54) is 25.7 Å². The SMILES string of the molecule is CC(C)CC=CC(C)C1CCC2C(OC(=O)c3ccccc3)CCCC12C. The van der Waals surface area contributed by atoms with Crippen molar-refractivity contribution >= 4 is 5.97 Å². The van der Waals surface area contributed by atoms with E-state index in [9.17, 15) is 4.79 Å². The van der Waals surface area contributed by atoms with Gasteiger partial charge in [0.25, 0.3) is 0 Å². The van der Waals surface area contributed by atoms with Gasteiger partial charge < -0.3 is 4.74 Å². The lowest BCUT2D eigenvalue weighted by Gasteiger charge is -2.45. The Morgan fingerprint density at radius 2 is 1.93 bits per heavy atom. The largest absolute Gasteiger partial charge is 0.458 e. The Kier molecular flexibility index (Phi) is 6.44. The van der Waals surface area contributed by atoms with Crippen LogP contribution in [0.4, 0.5) is 0 Å². The van der Waals surface area contributed by atoms with Gasteiger partial charge in [-0.2, -0.15) is 0 Å². The molecule has 1 aromatic carbocycles. The maximum atomic E-state index is 12.6. The van der Waals surface area contributed by atoms with E-state index >= 15 is 0 Å². The molecule has 0 bridgehead atoms. The monoisotopic (exact) mass is 368 g/mol. The summed E-state index contributed by atoms with van der Waals surface area (Å²) in [4.78, 5) is 12.6. The molecular weight excluding hydrogens is 332 g/mol. The third kappa shape index (κ3) is 4.47. The highest BCUT2D eigenvalue weighted by Gasteiger charge is 2.53. The van der Waals surface area contributed by atoms with Crippen molar-refractivity contribution in [2.24, 2.45) is 29.1 Å². The van der Waals surface area contributed by atoms with Gasteiger partial charge in [-0.05, 0) is 73.8 Å². The Labute approximate surface area is 165 Å². The Hall–Kier alpha value is -1.57. The molecule has 2 saturated carbocycles. The maximum Gasteiger partial charge on any atom is 0.338 e. The van der Waals surface area contributed by atoms with Crippen molar-refractivity contribution in [3.8, 4) is 0 Å². The van der Waals surface area contributed by atoms with Crippen LogP contribution in [-0.2, 0) is 4.74 Å². The molecule has 5 unspecified atom stereocenters. The first kappa shape index (κ1) is 20.2. The molecular formula is C25H36O2. The van der Waals surface area contributed by atoms with E-state index in [-0.39, 0.29) is 12.1 Å². The number of benzene rings is 1. The molecule has 3 rings (SSSR count). The van der Waals surface area contributed by atoms with E-state index in [1.54, 1.807) is 0 Å². The fourth-order valence-corrected chi connectivity index (χ4v) is 5.64. The molecule has 2 fully saturated rings. The van der Waals surface area contributed by atoms with Crippen LogP contribution in [0.25, 0.3) is 0 Å². The molecule has 5 atom stereocenters. The van der Waals surface area contributed by atoms with Gasteiger partial charge in [0.05, 0.1) is 5.56 Å². The summed E-state index contributed by atoms with van der Waals surface area (Å²) < 4.78 is 6.04. The van der Waals surface area contributed by atoms with Crippen LogP contribution in [0.3, 0.4) is 0 Å². The van der Waals surface area contributed by atoms with Crippen LogP contribution in [0.5, 0.6) is 0 Å². The molecule has 0 amide bonds. The molecule has 0 heterocycles. The molecule has 0 saturated heterocycles. The first-order valence-electron chi connectivity index (χ1n) is 10.8. The zero-order valence-corrected chi connectivity index (χ0v) is 17.5. The number of hydrogen-bond acceptors (Lipinski definition) is 2. The summed E-state index contributed by atoms with van der Waals surface area (Å²) >= 11 is 0. The van der Waals surface area contributed by atoms with Crippen LogP contribution in [0.1, 0.15) is 76.6 Å². The first-order chi connectivity index (χ1) is 12.9. The second-order valence-corrected chi connectivity index (χ2v) is 9.41. The minimum absolute atomic E-state index is 0.0771. The minimum atomic E-state index is -0.154. The average molecular weight is 369 g/mol. The fourth-order valence-electron chi connectivity index (χ4n) is 5.64. The number of carbonyl (C=O) groups excluding carboxylic acids is 1. The van der Waals surface area contributed by atoms with Gasteiger partial charge >= 0.3 is 5.97 Å². The number of esters is 1. The third-order valence-electron chi connectivity index (χ3n) is 7.09. The van der Waals surface area contributed by atoms with Gasteiger partial charge in [-0.25, -0.2) is 4.79 Å². The zero-order valence-electron chi connectivity index (χ0n) is 17.5. The Morgan fingerprint density at radius 3 is 2.63 bits per heavy atom. The van der Waals surface area contributed by atoms with Crippen molar-refractivity contribution in [2.45, 2.75) is 72.3 Å². The second-order valence-electron chi connectivity index (χ2n) is 9.41. The van der Waals surface area contributed by atoms with E-state index in [2.05, 4.69) is 39.8 Å². The van der Waals surface area contributed by atoms with E-state index in [0.29, 0.717) is 28.7 Å². The molecule has 0 N–H and O–H groups in total. The van der Waals surface area contributed by atoms with Gasteiger partial charge in [0, 0.05) is 5.92 Å². The molecule has 0 spiro atoms. The van der Waals surface area contributed by atoms with Gasteiger partial charge in [0.15, 0.2) is 0 Å². The molecule has 0 aromatic heterocycles. The molecule has 2 heteroatoms. The van der Waals surface area contributed by atoms with Crippen molar-refractivity contribution in [1.29, 1.82) is 0 Å². The molecule has 2 nitrogen and oxygen atoms in total. The maximum absolute atomic E-state index is 12.6. The summed E-state index contributed by atoms with van der Waals surface area (Å²) in [6.07, 6.45) is 12.0. The van der Waals surface area contributed by atoms with Gasteiger partial charge in [0.2, 0.25) is 0 Å². The van der Waals surface area contributed by atoms with Crippen LogP contribution in [-0.4, -0.2) is 12.1 Å². The number of hydrogen-bond donors (Lipinski definition) is 0. The predicted octanol–water partition coefficient (Wildman–Crippen LogP) is 6.67. The van der Waals surface area contributed by atoms with Crippen molar-refractivity contribution in [2.75, 3.05) is 0 Å². The lowest BCUT2D eigenvalue weighted by atomic mass is 9.62. The Morgan fingerprint density at radius 1 is 1.19 bits per heavy atom. The van der Waals surface area contributed by atoms with E-state index in [0.717, 1.165) is 18.8 Å². The normalized spacial score (nSPS) is 31.8. The Bertz CT molecular complexity index is 648. The van der Waals surface area contributed by atoms with Gasteiger partial charge in [-0.3, -0.25) is 0 Å². The number of fused-ring (bicyclic) bond motifs is 1. The van der Waals surface area contributed by atoms with Crippen LogP contribution in [0.15, 0.2) is 42.5 Å². The number of carbonyl (C=O) groups is 1. The summed E-state index contributed by atoms with van der Waals surface area (Å²) in [6, 6.07) is 9.44. The van der Waals surface area contributed by atoms with Crippen molar-refractivity contribution in [3.05, 3.63) is 48.0 Å². The smallest absolute Gasteiger partial charge is 0.338 e. The highest BCUT2D eigenvalue weighted by atomic mass is 16.5. The topological polar surface area (TPSA) is 26.3 Å². The highest BCUT2D eigenvalue weighted by Crippen LogP contribution is 2.58. The minimum Gasteiger partial charge on any atom is -0.458 e. The van der Waals surface area contributed by atoms with Crippen LogP contribution >= 0.6 is 0 Å². The van der Waals surface area contributed by atoms with Crippen molar-refractivity contribution in [3.63, 3.8) is 0 Å². The summed E-state index contributed by atoms with van der Waals surface area (Å²) in [5, 5.41) is 0. The highest BCUT2D eigenvalue weighted by molar-refractivity contribution is 5.89. The number of ether oxygens (including phenoxy) is 1. The van der Waals surface area contributed by atoms with E-state index in [1.807, 2.05) is 30.3 Å². The number of rotatable bonds is 6. The summed E-state index contributed by atoms with van der Waals surface area (Å²) in [6.45, 7) is 9.39. The van der Waals surface area contributed by atoms with E-state index in [4.69, 9.17) is 4.74 Å². The van der Waals surface area contributed by atoms with Gasteiger partial charge in [-0.1, -0.05) is 58.0 Å². The standard InChI is InChI=1S/C25H36O2/c1-18(2)10-8-11-19(3)21-15-16-22-23(14-9-17-25(21,22)4)27-24(26)20-12-6-5-7-13-20/h5-8,11-13,18-19,21-23H,9-10,14-17H2,1-4H3. The van der Waals surface area contributed by atoms with Gasteiger partial charge in [-0.15, -0.1) is 0 Å². The second kappa shape index (κ2) is 8.63. The van der Waals surface area contributed by atoms with Crippen LogP contribution in [0, 0.1) is 29.1 Å². The van der Waals surface area contributed by atoms with Crippen molar-refractivity contribution < 1.29 is 9.53 Å². The lowest BCUT2D eigenvalue weighted by Crippen LogP contribution is -2.43. The van der Waals surface area contributed by atoms with Gasteiger partial charge in [0.1, 0.15) is 6.10 Å². The lowest BCUT2D eigenvalue weighted by molar-refractivity contribution is -0.0444. The molecule has 27 heavy (non-hydrogen) atoms. The van der Waals surface area contributed by atoms with Crippen molar-refractivity contribution in [1.82, 2.24) is 0 Å². The predicted molar refractivity (Wildman–Crippen MR) is 112 cm³/mol. The molecule has 0 aliphatic heterocycles. The average Bonchev–Trinajstić information content (AvgIpc) is 3.00. The molecule has 0 radical (unpaired) electrons. The third-order valence-corrected chi connectivity index (χ3v) is 7.09. The summed E-state index contributed by atoms with van der Waals surface area (Å²) in [7, 11) is 0. The van der Waals surface area contributed by atoms with Crippen LogP contribution in [0.2, 0.25) is 0 Å². The number of allylic oxidation sites excluding steroid dienone is 2. The zero-order chi connectivity index (χ0) is 19.4. The van der Waals surface area contributed by atoms with Crippen LogP contribution < -0.4 is 0 Å². The molecule has 148 valence electrons. The van der Waals surface area contributed by atoms with E-state index < -0.39 is 0 Å². The fraction of sp³-hybridized carbons (Fsp3) is 0.640. The quantitative estimate of drug-likeness (QED) is 0.414. The Balaban J connectivity index is 1.68. The molecule has 2 aliphatic rings. The molecule has 1 aromatic rings.